The number of hydrogen-bond acceptors (Lipinski definition) is 4. The minimum Gasteiger partial charge on any atom is -0.342 e. The molecule has 1 fully saturated rings. The maximum Gasteiger partial charge on any atom is 0.230 e. The van der Waals surface area contributed by atoms with Crippen LogP contribution in [0, 0.1) is 5.41 Å². The van der Waals surface area contributed by atoms with Gasteiger partial charge in [0.15, 0.2) is 0 Å². The van der Waals surface area contributed by atoms with Gasteiger partial charge in [-0.2, -0.15) is 4.98 Å². The van der Waals surface area contributed by atoms with Crippen molar-refractivity contribution in [2.75, 3.05) is 13.1 Å². The van der Waals surface area contributed by atoms with Gasteiger partial charge in [-0.25, -0.2) is 0 Å². The van der Waals surface area contributed by atoms with Gasteiger partial charge in [-0.15, -0.1) is 0 Å². The van der Waals surface area contributed by atoms with Crippen molar-refractivity contribution in [2.45, 2.75) is 39.5 Å². The fourth-order valence-corrected chi connectivity index (χ4v) is 3.19. The molecule has 0 unspecified atom stereocenters. The fourth-order valence-electron chi connectivity index (χ4n) is 2.92. The van der Waals surface area contributed by atoms with E-state index in [1.54, 1.807) is 0 Å². The standard InChI is InChI=1S/C18H22BrN3O2/c1-18(2,3)17(23)22-10-8-13(9-11-22)16-20-15(21-24-16)12-4-6-14(19)7-5-12/h4-7,13H,8-11H2,1-3H3. The molecular weight excluding hydrogens is 370 g/mol. The number of carbonyl (C=O) groups is 1. The van der Waals surface area contributed by atoms with Crippen LogP contribution in [0.25, 0.3) is 11.4 Å². The Labute approximate surface area is 150 Å². The number of hydrogen-bond donors (Lipinski definition) is 0. The van der Waals surface area contributed by atoms with Crippen LogP contribution in [0.1, 0.15) is 45.4 Å². The zero-order chi connectivity index (χ0) is 17.3. The predicted octanol–water partition coefficient (Wildman–Crippen LogP) is 4.25. The maximum absolute atomic E-state index is 12.4. The summed E-state index contributed by atoms with van der Waals surface area (Å²) in [5.74, 6) is 1.73. The second kappa shape index (κ2) is 6.67. The topological polar surface area (TPSA) is 59.2 Å². The van der Waals surface area contributed by atoms with Crippen molar-refractivity contribution in [1.29, 1.82) is 0 Å². The van der Waals surface area contributed by atoms with Gasteiger partial charge in [0.05, 0.1) is 0 Å². The van der Waals surface area contributed by atoms with Gasteiger partial charge < -0.3 is 9.42 Å². The number of aromatic nitrogens is 2. The van der Waals surface area contributed by atoms with Crippen molar-refractivity contribution in [3.05, 3.63) is 34.6 Å². The second-order valence-electron chi connectivity index (χ2n) is 7.28. The first-order valence-electron chi connectivity index (χ1n) is 8.23. The Morgan fingerprint density at radius 3 is 2.42 bits per heavy atom. The molecule has 5 nitrogen and oxygen atoms in total. The third-order valence-corrected chi connectivity index (χ3v) is 4.85. The molecule has 1 aliphatic heterocycles. The van der Waals surface area contributed by atoms with Gasteiger partial charge in [0.2, 0.25) is 17.6 Å². The average Bonchev–Trinajstić information content (AvgIpc) is 3.04. The Morgan fingerprint density at radius 1 is 1.21 bits per heavy atom. The Hall–Kier alpha value is -1.69. The number of likely N-dealkylation sites (tertiary alicyclic amines) is 1. The van der Waals surface area contributed by atoms with Crippen molar-refractivity contribution < 1.29 is 9.32 Å². The van der Waals surface area contributed by atoms with Crippen molar-refractivity contribution in [3.8, 4) is 11.4 Å². The molecule has 24 heavy (non-hydrogen) atoms. The van der Waals surface area contributed by atoms with Crippen LogP contribution in [0.15, 0.2) is 33.3 Å². The predicted molar refractivity (Wildman–Crippen MR) is 95.4 cm³/mol. The van der Waals surface area contributed by atoms with Crippen molar-refractivity contribution in [3.63, 3.8) is 0 Å². The van der Waals surface area contributed by atoms with Crippen LogP contribution in [-0.2, 0) is 4.79 Å². The minimum atomic E-state index is -0.327. The number of halogens is 1. The van der Waals surface area contributed by atoms with E-state index in [1.165, 1.54) is 0 Å². The van der Waals surface area contributed by atoms with Gasteiger partial charge in [-0.1, -0.05) is 41.9 Å². The molecule has 0 N–H and O–H groups in total. The SMILES string of the molecule is CC(C)(C)C(=O)N1CCC(c2nc(-c3ccc(Br)cc3)no2)CC1. The largest absolute Gasteiger partial charge is 0.342 e. The molecule has 0 saturated carbocycles. The molecule has 0 atom stereocenters. The van der Waals surface area contributed by atoms with E-state index in [0.29, 0.717) is 11.7 Å². The normalized spacial score (nSPS) is 16.4. The number of nitrogens with zero attached hydrogens (tertiary/aromatic N) is 3. The fraction of sp³-hybridized carbons (Fsp3) is 0.500. The molecule has 1 saturated heterocycles. The van der Waals surface area contributed by atoms with Crippen LogP contribution >= 0.6 is 15.9 Å². The molecule has 0 bridgehead atoms. The molecule has 2 aromatic rings. The van der Waals surface area contributed by atoms with Gasteiger partial charge in [-0.05, 0) is 37.1 Å². The molecule has 1 aliphatic rings. The summed E-state index contributed by atoms with van der Waals surface area (Å²) < 4.78 is 6.49. The first kappa shape index (κ1) is 17.1. The lowest BCUT2D eigenvalue weighted by Crippen LogP contribution is -2.43. The second-order valence-corrected chi connectivity index (χ2v) is 8.20. The molecule has 1 aromatic heterocycles. The van der Waals surface area contributed by atoms with E-state index in [1.807, 2.05) is 49.9 Å². The monoisotopic (exact) mass is 391 g/mol. The highest BCUT2D eigenvalue weighted by Gasteiger charge is 2.32. The van der Waals surface area contributed by atoms with Crippen LogP contribution < -0.4 is 0 Å². The lowest BCUT2D eigenvalue weighted by Gasteiger charge is -2.34. The van der Waals surface area contributed by atoms with Crippen LogP contribution in [0.2, 0.25) is 0 Å². The van der Waals surface area contributed by atoms with E-state index in [4.69, 9.17) is 4.52 Å². The first-order valence-corrected chi connectivity index (χ1v) is 9.03. The lowest BCUT2D eigenvalue weighted by molar-refractivity contribution is -0.140. The Kier molecular flexibility index (Phi) is 4.76. The zero-order valence-corrected chi connectivity index (χ0v) is 15.8. The molecule has 2 heterocycles. The third-order valence-electron chi connectivity index (χ3n) is 4.32. The summed E-state index contributed by atoms with van der Waals surface area (Å²) in [5.41, 5.74) is 0.611. The lowest BCUT2D eigenvalue weighted by atomic mass is 9.91. The number of benzene rings is 1. The van der Waals surface area contributed by atoms with Crippen molar-refractivity contribution in [1.82, 2.24) is 15.0 Å². The van der Waals surface area contributed by atoms with Crippen LogP contribution in [0.3, 0.4) is 0 Å². The van der Waals surface area contributed by atoms with Crippen LogP contribution in [-0.4, -0.2) is 34.0 Å². The van der Waals surface area contributed by atoms with E-state index >= 15 is 0 Å². The number of piperidine rings is 1. The Morgan fingerprint density at radius 2 is 1.83 bits per heavy atom. The van der Waals surface area contributed by atoms with Crippen LogP contribution in [0.4, 0.5) is 0 Å². The highest BCUT2D eigenvalue weighted by atomic mass is 79.9. The number of rotatable bonds is 2. The molecule has 3 rings (SSSR count). The molecule has 6 heteroatoms. The summed E-state index contributed by atoms with van der Waals surface area (Å²) in [7, 11) is 0. The molecule has 1 amide bonds. The summed E-state index contributed by atoms with van der Waals surface area (Å²) in [6.45, 7) is 7.38. The van der Waals surface area contributed by atoms with E-state index in [9.17, 15) is 4.79 Å². The molecule has 0 aliphatic carbocycles. The highest BCUT2D eigenvalue weighted by molar-refractivity contribution is 9.10. The van der Waals surface area contributed by atoms with Crippen molar-refractivity contribution in [2.24, 2.45) is 5.41 Å². The van der Waals surface area contributed by atoms with E-state index < -0.39 is 0 Å². The molecule has 128 valence electrons. The van der Waals surface area contributed by atoms with Gasteiger partial charge in [0.1, 0.15) is 0 Å². The quantitative estimate of drug-likeness (QED) is 0.767. The molecule has 0 spiro atoms. The number of carbonyl (C=O) groups excluding carboxylic acids is 1. The maximum atomic E-state index is 12.4. The van der Waals surface area contributed by atoms with Gasteiger partial charge in [0.25, 0.3) is 0 Å². The van der Waals surface area contributed by atoms with Gasteiger partial charge in [0, 0.05) is 34.5 Å². The summed E-state index contributed by atoms with van der Waals surface area (Å²) >= 11 is 3.42. The Bertz CT molecular complexity index is 711. The summed E-state index contributed by atoms with van der Waals surface area (Å²) in [4.78, 5) is 18.9. The smallest absolute Gasteiger partial charge is 0.230 e. The molecule has 0 radical (unpaired) electrons. The minimum absolute atomic E-state index is 0.210. The van der Waals surface area contributed by atoms with E-state index in [0.717, 1.165) is 36.0 Å². The zero-order valence-electron chi connectivity index (χ0n) is 14.3. The summed E-state index contributed by atoms with van der Waals surface area (Å²) in [6.07, 6.45) is 1.73. The van der Waals surface area contributed by atoms with Crippen molar-refractivity contribution >= 4 is 21.8 Å². The highest BCUT2D eigenvalue weighted by Crippen LogP contribution is 2.30. The van der Waals surface area contributed by atoms with Gasteiger partial charge in [-0.3, -0.25) is 4.79 Å². The van der Waals surface area contributed by atoms with E-state index in [-0.39, 0.29) is 17.2 Å². The first-order chi connectivity index (χ1) is 11.3. The van der Waals surface area contributed by atoms with Crippen LogP contribution in [0.5, 0.6) is 0 Å². The third kappa shape index (κ3) is 3.69. The molecular formula is C18H22BrN3O2. The average molecular weight is 392 g/mol. The summed E-state index contributed by atoms with van der Waals surface area (Å²) in [6, 6.07) is 7.84. The van der Waals surface area contributed by atoms with Gasteiger partial charge >= 0.3 is 0 Å². The Balaban J connectivity index is 1.65. The number of amides is 1. The molecule has 1 aromatic carbocycles. The van der Waals surface area contributed by atoms with E-state index in [2.05, 4.69) is 26.1 Å². The summed E-state index contributed by atoms with van der Waals surface area (Å²) in [5, 5.41) is 4.10.